The number of nitrogens with zero attached hydrogens (tertiary/aromatic N) is 2. The monoisotopic (exact) mass is 337 g/mol. The summed E-state index contributed by atoms with van der Waals surface area (Å²) in [6.07, 6.45) is 1.88. The van der Waals surface area contributed by atoms with Gasteiger partial charge in [0.15, 0.2) is 12.4 Å². The zero-order chi connectivity index (χ0) is 17.5. The molecule has 2 aliphatic rings. The van der Waals surface area contributed by atoms with Crippen molar-refractivity contribution in [2.24, 2.45) is 0 Å². The van der Waals surface area contributed by atoms with Crippen molar-refractivity contribution in [1.29, 1.82) is 0 Å². The van der Waals surface area contributed by atoms with Crippen LogP contribution in [0.3, 0.4) is 0 Å². The van der Waals surface area contributed by atoms with Crippen molar-refractivity contribution in [2.45, 2.75) is 38.3 Å². The number of rotatable bonds is 3. The molecule has 1 N–H and O–H groups in total. The molecule has 2 aliphatic heterocycles. The largest absolute Gasteiger partial charge is 0.626 e. The van der Waals surface area contributed by atoms with Crippen molar-refractivity contribution in [3.05, 3.63) is 65.4 Å². The number of nitrogens with one attached hydrogen (secondary N) is 1. The van der Waals surface area contributed by atoms with E-state index < -0.39 is 0 Å². The standard InChI is InChI=1S/C21H27N3O/c1-21(2,17-8-4-3-5-9-17)23-14-12-18(13-15-23)24(25)16-22-19-10-6-7-11-20(19)24/h3-11,18,22H,12-16H2,1-2H3. The number of hydrogen-bond donors (Lipinski definition) is 1. The fraction of sp³-hybridized carbons (Fsp3) is 0.429. The Bertz CT molecular complexity index is 738. The highest BCUT2D eigenvalue weighted by atomic mass is 16.6. The molecule has 0 amide bonds. The van der Waals surface area contributed by atoms with Gasteiger partial charge >= 0.3 is 0 Å². The molecule has 1 atom stereocenters. The number of para-hydroxylation sites is 2. The third kappa shape index (κ3) is 2.74. The maximum Gasteiger partial charge on any atom is 0.158 e. The highest BCUT2D eigenvalue weighted by Gasteiger charge is 2.41. The molecule has 2 aromatic rings. The van der Waals surface area contributed by atoms with Crippen molar-refractivity contribution >= 4 is 11.4 Å². The zero-order valence-electron chi connectivity index (χ0n) is 15.1. The Balaban J connectivity index is 1.49. The number of benzene rings is 2. The third-order valence-corrected chi connectivity index (χ3v) is 6.14. The SMILES string of the molecule is CC(C)(c1ccccc1)N1CCC([N+]2([O-])CNc3ccccc32)CC1. The van der Waals surface area contributed by atoms with Crippen molar-refractivity contribution in [2.75, 3.05) is 25.1 Å². The van der Waals surface area contributed by atoms with Gasteiger partial charge in [0, 0.05) is 37.5 Å². The number of hydrogen-bond acceptors (Lipinski definition) is 3. The number of piperidine rings is 1. The molecule has 0 spiro atoms. The minimum atomic E-state index is -0.213. The molecule has 25 heavy (non-hydrogen) atoms. The molecular formula is C21H27N3O. The van der Waals surface area contributed by atoms with Crippen LogP contribution in [0.15, 0.2) is 54.6 Å². The van der Waals surface area contributed by atoms with Crippen LogP contribution >= 0.6 is 0 Å². The van der Waals surface area contributed by atoms with Crippen LogP contribution < -0.4 is 9.96 Å². The minimum absolute atomic E-state index is 0.00110. The molecule has 4 rings (SSSR count). The van der Waals surface area contributed by atoms with Crippen LogP contribution in [0.5, 0.6) is 0 Å². The van der Waals surface area contributed by atoms with Crippen molar-refractivity contribution in [1.82, 2.24) is 9.55 Å². The van der Waals surface area contributed by atoms with Gasteiger partial charge in [0.2, 0.25) is 0 Å². The molecule has 4 heteroatoms. The number of quaternary nitrogens is 1. The van der Waals surface area contributed by atoms with Crippen molar-refractivity contribution in [3.8, 4) is 0 Å². The lowest BCUT2D eigenvalue weighted by Gasteiger charge is -2.50. The summed E-state index contributed by atoms with van der Waals surface area (Å²) in [5, 5.41) is 16.9. The Labute approximate surface area is 150 Å². The lowest BCUT2D eigenvalue weighted by molar-refractivity contribution is 0.0634. The van der Waals surface area contributed by atoms with E-state index in [1.807, 2.05) is 24.3 Å². The topological polar surface area (TPSA) is 38.3 Å². The average molecular weight is 337 g/mol. The van der Waals surface area contributed by atoms with Crippen molar-refractivity contribution in [3.63, 3.8) is 0 Å². The third-order valence-electron chi connectivity index (χ3n) is 6.14. The van der Waals surface area contributed by atoms with E-state index >= 15 is 0 Å². The summed E-state index contributed by atoms with van der Waals surface area (Å²) in [6, 6.07) is 18.8. The maximum atomic E-state index is 13.6. The average Bonchev–Trinajstić information content (AvgIpc) is 3.01. The number of hydroxylamine groups is 2. The first-order valence-electron chi connectivity index (χ1n) is 9.24. The molecular weight excluding hydrogens is 310 g/mol. The smallest absolute Gasteiger partial charge is 0.158 e. The summed E-state index contributed by atoms with van der Waals surface area (Å²) in [7, 11) is 0. The Hall–Kier alpha value is -1.88. The van der Waals surface area contributed by atoms with Gasteiger partial charge in [0.1, 0.15) is 5.69 Å². The number of anilines is 1. The highest BCUT2D eigenvalue weighted by molar-refractivity contribution is 5.72. The molecule has 1 saturated heterocycles. The summed E-state index contributed by atoms with van der Waals surface area (Å²) in [5.74, 6) is 0. The second-order valence-electron chi connectivity index (χ2n) is 7.79. The van der Waals surface area contributed by atoms with Gasteiger partial charge in [0.25, 0.3) is 0 Å². The molecule has 0 aromatic heterocycles. The van der Waals surface area contributed by atoms with Gasteiger partial charge in [0.05, 0.1) is 6.04 Å². The molecule has 2 heterocycles. The predicted octanol–water partition coefficient (Wildman–Crippen LogP) is 4.27. The van der Waals surface area contributed by atoms with Crippen LogP contribution in [0.25, 0.3) is 0 Å². The van der Waals surface area contributed by atoms with E-state index in [4.69, 9.17) is 0 Å². The van der Waals surface area contributed by atoms with Crippen LogP contribution in [0.4, 0.5) is 11.4 Å². The first-order valence-corrected chi connectivity index (χ1v) is 9.24. The molecule has 1 fully saturated rings. The molecule has 0 bridgehead atoms. The molecule has 0 aliphatic carbocycles. The first kappa shape index (κ1) is 16.6. The van der Waals surface area contributed by atoms with Crippen LogP contribution in [0.1, 0.15) is 32.3 Å². The summed E-state index contributed by atoms with van der Waals surface area (Å²) >= 11 is 0. The summed E-state index contributed by atoms with van der Waals surface area (Å²) in [4.78, 5) is 2.53. The van der Waals surface area contributed by atoms with E-state index in [0.29, 0.717) is 6.67 Å². The van der Waals surface area contributed by atoms with Crippen molar-refractivity contribution < 1.29 is 0 Å². The molecule has 0 radical (unpaired) electrons. The highest BCUT2D eigenvalue weighted by Crippen LogP contribution is 2.41. The zero-order valence-corrected chi connectivity index (χ0v) is 15.1. The molecule has 4 nitrogen and oxygen atoms in total. The second kappa shape index (κ2) is 6.13. The number of likely N-dealkylation sites (tertiary alicyclic amines) is 1. The van der Waals surface area contributed by atoms with Gasteiger partial charge in [-0.3, -0.25) is 4.90 Å². The van der Waals surface area contributed by atoms with Gasteiger partial charge in [-0.15, -0.1) is 0 Å². The normalized spacial score (nSPS) is 24.8. The quantitative estimate of drug-likeness (QED) is 0.671. The molecule has 2 aromatic carbocycles. The van der Waals surface area contributed by atoms with E-state index in [0.717, 1.165) is 37.3 Å². The van der Waals surface area contributed by atoms with E-state index in [1.54, 1.807) is 0 Å². The van der Waals surface area contributed by atoms with Crippen LogP contribution in [-0.4, -0.2) is 30.7 Å². The van der Waals surface area contributed by atoms with E-state index in [-0.39, 0.29) is 16.2 Å². The van der Waals surface area contributed by atoms with Crippen LogP contribution in [-0.2, 0) is 5.54 Å². The van der Waals surface area contributed by atoms with Gasteiger partial charge < -0.3 is 15.2 Å². The fourth-order valence-electron chi connectivity index (χ4n) is 4.44. The van der Waals surface area contributed by atoms with Crippen LogP contribution in [0, 0.1) is 5.21 Å². The summed E-state index contributed by atoms with van der Waals surface area (Å²) in [6.45, 7) is 6.98. The van der Waals surface area contributed by atoms with E-state index in [9.17, 15) is 5.21 Å². The molecule has 0 saturated carbocycles. The Morgan fingerprint density at radius 3 is 2.36 bits per heavy atom. The molecule has 132 valence electrons. The maximum absolute atomic E-state index is 13.6. The summed E-state index contributed by atoms with van der Waals surface area (Å²) in [5.41, 5.74) is 3.25. The fourth-order valence-corrected chi connectivity index (χ4v) is 4.44. The second-order valence-corrected chi connectivity index (χ2v) is 7.79. The van der Waals surface area contributed by atoms with E-state index in [1.165, 1.54) is 5.56 Å². The lowest BCUT2D eigenvalue weighted by Crippen LogP contribution is -2.57. The van der Waals surface area contributed by atoms with Gasteiger partial charge in [-0.2, -0.15) is 0 Å². The molecule has 1 unspecified atom stereocenters. The van der Waals surface area contributed by atoms with E-state index in [2.05, 4.69) is 54.4 Å². The Kier molecular flexibility index (Phi) is 4.07. The summed E-state index contributed by atoms with van der Waals surface area (Å²) < 4.78 is -0.213. The van der Waals surface area contributed by atoms with Gasteiger partial charge in [-0.05, 0) is 25.5 Å². The minimum Gasteiger partial charge on any atom is -0.626 e. The Morgan fingerprint density at radius 1 is 1.00 bits per heavy atom. The lowest BCUT2D eigenvalue weighted by atomic mass is 9.89. The van der Waals surface area contributed by atoms with Gasteiger partial charge in [-0.1, -0.05) is 42.5 Å². The Morgan fingerprint density at radius 2 is 1.64 bits per heavy atom. The number of fused-ring (bicyclic) bond motifs is 1. The van der Waals surface area contributed by atoms with Gasteiger partial charge in [-0.25, -0.2) is 0 Å². The first-order chi connectivity index (χ1) is 12.0. The van der Waals surface area contributed by atoms with Crippen LogP contribution in [0.2, 0.25) is 0 Å². The predicted molar refractivity (Wildman–Crippen MR) is 104 cm³/mol.